The molecule has 0 aliphatic carbocycles. The second kappa shape index (κ2) is 3.84. The number of hydrazine groups is 1. The Morgan fingerprint density at radius 1 is 1.40 bits per heavy atom. The normalized spacial score (nSPS) is 27.6. The van der Waals surface area contributed by atoms with Gasteiger partial charge >= 0.3 is 5.92 Å². The molecule has 0 radical (unpaired) electrons. The molecule has 1 aliphatic heterocycles. The first-order chi connectivity index (χ1) is 6.78. The lowest BCUT2D eigenvalue weighted by Crippen LogP contribution is -2.42. The first kappa shape index (κ1) is 12.0. The maximum Gasteiger partial charge on any atom is 0.312 e. The zero-order chi connectivity index (χ0) is 11.7. The number of hydrogen-bond donors (Lipinski definition) is 2. The highest BCUT2D eigenvalue weighted by Crippen LogP contribution is 2.37. The van der Waals surface area contributed by atoms with Gasteiger partial charge in [0.1, 0.15) is 0 Å². The monoisotopic (exact) mass is 228 g/mol. The number of halogens is 4. The van der Waals surface area contributed by atoms with Crippen molar-refractivity contribution < 1.29 is 17.6 Å². The first-order valence-electron chi connectivity index (χ1n) is 4.29. The Morgan fingerprint density at radius 3 is 2.53 bits per heavy atom. The molecule has 88 valence electrons. The molecule has 0 saturated carbocycles. The molecule has 1 heterocycles. The van der Waals surface area contributed by atoms with Crippen molar-refractivity contribution in [3.63, 3.8) is 0 Å². The molecule has 3 N–H and O–H groups in total. The van der Waals surface area contributed by atoms with Crippen LogP contribution in [0.15, 0.2) is 5.10 Å². The van der Waals surface area contributed by atoms with Gasteiger partial charge in [0, 0.05) is 20.0 Å². The van der Waals surface area contributed by atoms with Crippen LogP contribution in [0.2, 0.25) is 0 Å². The summed E-state index contributed by atoms with van der Waals surface area (Å²) in [7, 11) is 1.27. The number of hydrazone groups is 1. The fourth-order valence-electron chi connectivity index (χ4n) is 1.44. The Labute approximate surface area is 84.1 Å². The van der Waals surface area contributed by atoms with Crippen LogP contribution in [-0.2, 0) is 0 Å². The highest BCUT2D eigenvalue weighted by Gasteiger charge is 2.51. The Kier molecular flexibility index (Phi) is 3.08. The lowest BCUT2D eigenvalue weighted by atomic mass is 10.1. The molecule has 0 aromatic heterocycles. The fraction of sp³-hybridized carbons (Fsp3) is 0.857. The van der Waals surface area contributed by atoms with Gasteiger partial charge < -0.3 is 4.90 Å². The lowest BCUT2D eigenvalue weighted by molar-refractivity contribution is -0.0754. The predicted octanol–water partition coefficient (Wildman–Crippen LogP) is 0.759. The second-order valence-corrected chi connectivity index (χ2v) is 3.47. The van der Waals surface area contributed by atoms with Crippen molar-refractivity contribution in [1.29, 1.82) is 0 Å². The van der Waals surface area contributed by atoms with Crippen molar-refractivity contribution in [2.24, 2.45) is 10.9 Å². The van der Waals surface area contributed by atoms with Crippen molar-refractivity contribution in [2.75, 3.05) is 13.6 Å². The summed E-state index contributed by atoms with van der Waals surface area (Å²) in [5.74, 6) is -3.05. The van der Waals surface area contributed by atoms with Crippen molar-refractivity contribution in [3.05, 3.63) is 0 Å². The third-order valence-electron chi connectivity index (χ3n) is 2.15. The number of likely N-dealkylation sites (tertiary alicyclic amines) is 1. The van der Waals surface area contributed by atoms with E-state index in [1.54, 1.807) is 5.53 Å². The van der Waals surface area contributed by atoms with E-state index in [9.17, 15) is 17.6 Å². The minimum absolute atomic E-state index is 0.191. The Bertz CT molecular complexity index is 266. The Balaban J connectivity index is 3.01. The van der Waals surface area contributed by atoms with Gasteiger partial charge in [0.15, 0.2) is 5.84 Å². The highest BCUT2D eigenvalue weighted by molar-refractivity contribution is 5.89. The number of nitrogens with two attached hydrogens (primary N) is 1. The van der Waals surface area contributed by atoms with Crippen LogP contribution in [0, 0.1) is 0 Å². The fourth-order valence-corrected chi connectivity index (χ4v) is 1.44. The third kappa shape index (κ3) is 2.71. The zero-order valence-electron chi connectivity index (χ0n) is 8.10. The number of nitrogens with zero attached hydrogens (tertiary/aromatic N) is 2. The van der Waals surface area contributed by atoms with Crippen molar-refractivity contribution >= 4 is 5.84 Å². The number of amidine groups is 1. The molecule has 1 fully saturated rings. The third-order valence-corrected chi connectivity index (χ3v) is 2.15. The summed E-state index contributed by atoms with van der Waals surface area (Å²) in [6.07, 6.45) is -2.16. The predicted molar refractivity (Wildman–Crippen MR) is 46.5 cm³/mol. The molecule has 15 heavy (non-hydrogen) atoms. The number of hydrogen-bond acceptors (Lipinski definition) is 3. The molecule has 1 aliphatic rings. The maximum absolute atomic E-state index is 13.3. The molecule has 0 atom stereocenters. The van der Waals surface area contributed by atoms with Crippen LogP contribution in [0.1, 0.15) is 12.8 Å². The average Bonchev–Trinajstić information content (AvgIpc) is 2.14. The van der Waals surface area contributed by atoms with E-state index in [1.807, 2.05) is 0 Å². The van der Waals surface area contributed by atoms with E-state index in [1.165, 1.54) is 7.05 Å². The van der Waals surface area contributed by atoms with Gasteiger partial charge in [0.2, 0.25) is 0 Å². The molecule has 0 spiro atoms. The maximum atomic E-state index is 13.3. The first-order valence-corrected chi connectivity index (χ1v) is 4.29. The molecule has 4 nitrogen and oxygen atoms in total. The number of alkyl halides is 4. The minimum atomic E-state index is -3.68. The summed E-state index contributed by atoms with van der Waals surface area (Å²) < 4.78 is 52.5. The Morgan fingerprint density at radius 2 is 2.00 bits per heavy atom. The highest BCUT2D eigenvalue weighted by atomic mass is 19.3. The van der Waals surface area contributed by atoms with Crippen LogP contribution < -0.4 is 11.4 Å². The van der Waals surface area contributed by atoms with Gasteiger partial charge in [-0.15, -0.1) is 5.10 Å². The van der Waals surface area contributed by atoms with Crippen LogP contribution in [0.3, 0.4) is 0 Å². The van der Waals surface area contributed by atoms with E-state index in [-0.39, 0.29) is 6.54 Å². The lowest BCUT2D eigenvalue weighted by Gasteiger charge is -2.23. The van der Waals surface area contributed by atoms with Crippen molar-refractivity contribution in [1.82, 2.24) is 10.4 Å². The van der Waals surface area contributed by atoms with E-state index in [0.29, 0.717) is 0 Å². The van der Waals surface area contributed by atoms with Gasteiger partial charge in [-0.05, 0) is 0 Å². The SMILES string of the molecule is CN1CCC(F)(F)CC(F)(F)/C1=N/NN. The number of rotatable bonds is 1. The molecule has 1 saturated heterocycles. The van der Waals surface area contributed by atoms with E-state index in [0.717, 1.165) is 4.90 Å². The number of nitrogens with one attached hydrogen (secondary N) is 1. The van der Waals surface area contributed by atoms with Crippen molar-refractivity contribution in [3.8, 4) is 0 Å². The molecule has 1 rings (SSSR count). The summed E-state index contributed by atoms with van der Waals surface area (Å²) in [5.41, 5.74) is 1.70. The summed E-state index contributed by atoms with van der Waals surface area (Å²) in [5, 5.41) is 3.13. The van der Waals surface area contributed by atoms with Crippen molar-refractivity contribution in [2.45, 2.75) is 24.7 Å². The second-order valence-electron chi connectivity index (χ2n) is 3.47. The largest absolute Gasteiger partial charge is 0.356 e. The molecule has 0 unspecified atom stereocenters. The van der Waals surface area contributed by atoms with Gasteiger partial charge in [0.25, 0.3) is 5.92 Å². The zero-order valence-corrected chi connectivity index (χ0v) is 8.10. The molecule has 8 heteroatoms. The summed E-state index contributed by atoms with van der Waals surface area (Å²) >= 11 is 0. The average molecular weight is 228 g/mol. The van der Waals surface area contributed by atoms with E-state index < -0.39 is 30.5 Å². The van der Waals surface area contributed by atoms with Gasteiger partial charge in [-0.2, -0.15) is 8.78 Å². The Hall–Kier alpha value is -1.05. The summed E-state index contributed by atoms with van der Waals surface area (Å²) in [4.78, 5) is 0.973. The van der Waals surface area contributed by atoms with Crippen LogP contribution >= 0.6 is 0 Å². The van der Waals surface area contributed by atoms with Gasteiger partial charge in [-0.25, -0.2) is 20.2 Å². The standard InChI is InChI=1S/C7H12F4N4/c1-15-3-2-6(8,9)4-7(10,11)5(15)13-14-12/h14H,2-4,12H2,1H3/b13-5-. The molecular weight excluding hydrogens is 216 g/mol. The summed E-state index contributed by atoms with van der Waals surface area (Å²) in [6.45, 7) is -0.191. The smallest absolute Gasteiger partial charge is 0.312 e. The van der Waals surface area contributed by atoms with Gasteiger partial charge in [0.05, 0.1) is 6.42 Å². The molecule has 0 amide bonds. The van der Waals surface area contributed by atoms with E-state index >= 15 is 0 Å². The van der Waals surface area contributed by atoms with Crippen LogP contribution in [0.4, 0.5) is 17.6 Å². The molecular formula is C7H12F4N4. The van der Waals surface area contributed by atoms with E-state index in [4.69, 9.17) is 5.84 Å². The molecule has 0 aromatic rings. The van der Waals surface area contributed by atoms with Crippen LogP contribution in [0.25, 0.3) is 0 Å². The topological polar surface area (TPSA) is 53.6 Å². The van der Waals surface area contributed by atoms with Gasteiger partial charge in [-0.1, -0.05) is 0 Å². The summed E-state index contributed by atoms with van der Waals surface area (Å²) in [6, 6.07) is 0. The van der Waals surface area contributed by atoms with Crippen LogP contribution in [-0.4, -0.2) is 36.2 Å². The van der Waals surface area contributed by atoms with E-state index in [2.05, 4.69) is 5.10 Å². The molecule has 0 aromatic carbocycles. The minimum Gasteiger partial charge on any atom is -0.356 e. The molecule has 0 bridgehead atoms. The quantitative estimate of drug-likeness (QED) is 0.396. The van der Waals surface area contributed by atoms with Crippen LogP contribution in [0.5, 0.6) is 0 Å². The van der Waals surface area contributed by atoms with Gasteiger partial charge in [-0.3, -0.25) is 0 Å².